The molecule has 0 aromatic heterocycles. The number of nitrogens with one attached hydrogen (secondary N) is 4. The predicted octanol–water partition coefficient (Wildman–Crippen LogP) is 2.07. The van der Waals surface area contributed by atoms with Crippen molar-refractivity contribution < 1.29 is 14.4 Å². The lowest BCUT2D eigenvalue weighted by Crippen LogP contribution is -2.41. The maximum absolute atomic E-state index is 12.3. The number of carbonyl (C=O) groups is 2. The molecule has 7 nitrogen and oxygen atoms in total. The largest absolute Gasteiger partial charge is 0.410 e. The van der Waals surface area contributed by atoms with E-state index in [2.05, 4.69) is 42.2 Å². The van der Waals surface area contributed by atoms with E-state index in [-0.39, 0.29) is 35.7 Å². The Morgan fingerprint density at radius 2 is 1.82 bits per heavy atom. The lowest BCUT2D eigenvalue weighted by molar-refractivity contribution is -0.122. The monoisotopic (exact) mass is 386 g/mol. The SMILES string of the molecule is CC(C)(C)C1=CC(NC(=O)Cc2ccc(NC(=O)C3CCNCC3)cc2)NO1. The summed E-state index contributed by atoms with van der Waals surface area (Å²) in [6, 6.07) is 7.42. The lowest BCUT2D eigenvalue weighted by atomic mass is 9.93. The molecule has 1 saturated heterocycles. The van der Waals surface area contributed by atoms with Crippen LogP contribution in [0.15, 0.2) is 36.1 Å². The van der Waals surface area contributed by atoms with Gasteiger partial charge in [-0.2, -0.15) is 0 Å². The van der Waals surface area contributed by atoms with Crippen LogP contribution >= 0.6 is 0 Å². The quantitative estimate of drug-likeness (QED) is 0.622. The van der Waals surface area contributed by atoms with Crippen LogP contribution in [0.5, 0.6) is 0 Å². The Labute approximate surface area is 166 Å². The molecule has 4 N–H and O–H groups in total. The summed E-state index contributed by atoms with van der Waals surface area (Å²) in [6.45, 7) is 7.93. The molecule has 1 atom stereocenters. The zero-order valence-corrected chi connectivity index (χ0v) is 16.8. The van der Waals surface area contributed by atoms with Crippen molar-refractivity contribution in [3.63, 3.8) is 0 Å². The van der Waals surface area contributed by atoms with Gasteiger partial charge in [0.1, 0.15) is 11.9 Å². The van der Waals surface area contributed by atoms with Crippen LogP contribution in [-0.4, -0.2) is 31.1 Å². The fraction of sp³-hybridized carbons (Fsp3) is 0.524. The zero-order valence-electron chi connectivity index (χ0n) is 16.8. The van der Waals surface area contributed by atoms with Crippen LogP contribution in [-0.2, 0) is 20.8 Å². The van der Waals surface area contributed by atoms with Gasteiger partial charge in [-0.15, -0.1) is 5.48 Å². The van der Waals surface area contributed by atoms with Crippen LogP contribution in [0.1, 0.15) is 39.2 Å². The minimum absolute atomic E-state index is 0.0684. The zero-order chi connectivity index (χ0) is 20.1. The molecule has 0 aliphatic carbocycles. The Morgan fingerprint density at radius 1 is 1.14 bits per heavy atom. The summed E-state index contributed by atoms with van der Waals surface area (Å²) in [6.07, 6.45) is 3.56. The molecule has 2 aliphatic heterocycles. The third-order valence-corrected chi connectivity index (χ3v) is 4.97. The molecular formula is C21H30N4O3. The first kappa shape index (κ1) is 20.4. The summed E-state index contributed by atoms with van der Waals surface area (Å²) in [7, 11) is 0. The summed E-state index contributed by atoms with van der Waals surface area (Å²) >= 11 is 0. The topological polar surface area (TPSA) is 91.5 Å². The molecule has 2 heterocycles. The maximum atomic E-state index is 12.3. The van der Waals surface area contributed by atoms with E-state index in [1.165, 1.54) is 0 Å². The van der Waals surface area contributed by atoms with Crippen LogP contribution in [0, 0.1) is 11.3 Å². The fourth-order valence-corrected chi connectivity index (χ4v) is 3.26. The number of piperidine rings is 1. The number of allylic oxidation sites excluding steroid dienone is 1. The van der Waals surface area contributed by atoms with E-state index in [1.807, 2.05) is 30.3 Å². The van der Waals surface area contributed by atoms with Crippen molar-refractivity contribution >= 4 is 17.5 Å². The molecule has 1 aromatic carbocycles. The van der Waals surface area contributed by atoms with Crippen molar-refractivity contribution in [2.45, 2.75) is 46.2 Å². The van der Waals surface area contributed by atoms with Crippen LogP contribution < -0.4 is 21.4 Å². The number of rotatable bonds is 5. The highest BCUT2D eigenvalue weighted by Crippen LogP contribution is 2.28. The molecule has 7 heteroatoms. The summed E-state index contributed by atoms with van der Waals surface area (Å²) in [5, 5.41) is 9.12. The summed E-state index contributed by atoms with van der Waals surface area (Å²) in [5.41, 5.74) is 4.35. The molecule has 0 bridgehead atoms. The molecule has 28 heavy (non-hydrogen) atoms. The predicted molar refractivity (Wildman–Crippen MR) is 108 cm³/mol. The normalized spacial score (nSPS) is 20.2. The van der Waals surface area contributed by atoms with Gasteiger partial charge in [0.25, 0.3) is 0 Å². The molecule has 1 fully saturated rings. The number of carbonyl (C=O) groups excluding carboxylic acids is 2. The van der Waals surface area contributed by atoms with E-state index in [0.717, 1.165) is 42.9 Å². The Bertz CT molecular complexity index is 731. The summed E-state index contributed by atoms with van der Waals surface area (Å²) in [5.74, 6) is 0.852. The summed E-state index contributed by atoms with van der Waals surface area (Å²) in [4.78, 5) is 30.0. The molecule has 2 aliphatic rings. The number of hydrogen-bond acceptors (Lipinski definition) is 5. The van der Waals surface area contributed by atoms with Gasteiger partial charge in [-0.05, 0) is 49.7 Å². The van der Waals surface area contributed by atoms with Crippen molar-refractivity contribution in [3.05, 3.63) is 41.7 Å². The average molecular weight is 386 g/mol. The third-order valence-electron chi connectivity index (χ3n) is 4.97. The maximum Gasteiger partial charge on any atom is 0.227 e. The van der Waals surface area contributed by atoms with Gasteiger partial charge in [0.05, 0.1) is 6.42 Å². The molecule has 3 rings (SSSR count). The first-order valence-corrected chi connectivity index (χ1v) is 9.86. The third kappa shape index (κ3) is 5.56. The molecule has 2 amide bonds. The lowest BCUT2D eigenvalue weighted by Gasteiger charge is -2.21. The minimum atomic E-state index is -0.328. The number of hydrogen-bond donors (Lipinski definition) is 4. The second-order valence-electron chi connectivity index (χ2n) is 8.43. The first-order chi connectivity index (χ1) is 13.3. The molecule has 1 unspecified atom stereocenters. The highest BCUT2D eigenvalue weighted by Gasteiger charge is 2.27. The Balaban J connectivity index is 1.48. The van der Waals surface area contributed by atoms with Gasteiger partial charge in [-0.25, -0.2) is 0 Å². The van der Waals surface area contributed by atoms with Gasteiger partial charge in [-0.1, -0.05) is 32.9 Å². The standard InChI is InChI=1S/C21H30N4O3/c1-21(2,3)17-13-18(25-28-17)24-19(26)12-14-4-6-16(7-5-14)23-20(27)15-8-10-22-11-9-15/h4-7,13,15,18,22,25H,8-12H2,1-3H3,(H,23,27)(H,24,26). The second kappa shape index (κ2) is 8.75. The minimum Gasteiger partial charge on any atom is -0.410 e. The van der Waals surface area contributed by atoms with Gasteiger partial charge in [0.15, 0.2) is 0 Å². The van der Waals surface area contributed by atoms with E-state index in [4.69, 9.17) is 4.84 Å². The fourth-order valence-electron chi connectivity index (χ4n) is 3.26. The van der Waals surface area contributed by atoms with E-state index < -0.39 is 0 Å². The van der Waals surface area contributed by atoms with Crippen molar-refractivity contribution in [1.82, 2.24) is 16.1 Å². The van der Waals surface area contributed by atoms with Crippen molar-refractivity contribution in [2.24, 2.45) is 11.3 Å². The number of benzene rings is 1. The van der Waals surface area contributed by atoms with Gasteiger partial charge in [0.2, 0.25) is 11.8 Å². The van der Waals surface area contributed by atoms with Crippen LogP contribution in [0.4, 0.5) is 5.69 Å². The van der Waals surface area contributed by atoms with E-state index in [1.54, 1.807) is 0 Å². The van der Waals surface area contributed by atoms with Crippen LogP contribution in [0.2, 0.25) is 0 Å². The van der Waals surface area contributed by atoms with E-state index in [0.29, 0.717) is 0 Å². The summed E-state index contributed by atoms with van der Waals surface area (Å²) < 4.78 is 0. The van der Waals surface area contributed by atoms with Crippen molar-refractivity contribution in [3.8, 4) is 0 Å². The molecule has 0 saturated carbocycles. The number of hydroxylamine groups is 1. The van der Waals surface area contributed by atoms with Gasteiger partial charge >= 0.3 is 0 Å². The van der Waals surface area contributed by atoms with Crippen molar-refractivity contribution in [1.29, 1.82) is 0 Å². The van der Waals surface area contributed by atoms with Gasteiger partial charge < -0.3 is 20.8 Å². The van der Waals surface area contributed by atoms with Gasteiger partial charge in [-0.3, -0.25) is 9.59 Å². The Morgan fingerprint density at radius 3 is 2.43 bits per heavy atom. The first-order valence-electron chi connectivity index (χ1n) is 9.86. The smallest absolute Gasteiger partial charge is 0.227 e. The highest BCUT2D eigenvalue weighted by atomic mass is 16.7. The van der Waals surface area contributed by atoms with Crippen molar-refractivity contribution in [2.75, 3.05) is 18.4 Å². The van der Waals surface area contributed by atoms with Gasteiger partial charge in [0, 0.05) is 17.0 Å². The Hall–Kier alpha value is -2.38. The van der Waals surface area contributed by atoms with E-state index in [9.17, 15) is 9.59 Å². The molecular weight excluding hydrogens is 356 g/mol. The highest BCUT2D eigenvalue weighted by molar-refractivity contribution is 5.92. The molecule has 0 radical (unpaired) electrons. The van der Waals surface area contributed by atoms with Crippen LogP contribution in [0.3, 0.4) is 0 Å². The number of anilines is 1. The molecule has 0 spiro atoms. The van der Waals surface area contributed by atoms with Crippen LogP contribution in [0.25, 0.3) is 0 Å². The number of amides is 2. The molecule has 152 valence electrons. The molecule has 1 aromatic rings. The average Bonchev–Trinajstić information content (AvgIpc) is 3.13. The Kier molecular flexibility index (Phi) is 6.36. The van der Waals surface area contributed by atoms with E-state index >= 15 is 0 Å². The second-order valence-corrected chi connectivity index (χ2v) is 8.43.